The summed E-state index contributed by atoms with van der Waals surface area (Å²) in [6.45, 7) is -2.54. The Hall–Kier alpha value is -2.28. The van der Waals surface area contributed by atoms with E-state index in [9.17, 15) is 13.6 Å². The summed E-state index contributed by atoms with van der Waals surface area (Å²) in [5.74, 6) is -0.0545. The minimum absolute atomic E-state index is 0.0289. The Kier molecular flexibility index (Phi) is 6.03. The number of nitrogens with one attached hydrogen (secondary N) is 1. The van der Waals surface area contributed by atoms with Crippen LogP contribution in [0.15, 0.2) is 30.5 Å². The van der Waals surface area contributed by atoms with Gasteiger partial charge >= 0.3 is 6.61 Å². The molecule has 0 atom stereocenters. The van der Waals surface area contributed by atoms with Crippen molar-refractivity contribution >= 4 is 17.5 Å². The number of methoxy groups -OCH3 is 1. The average Bonchev–Trinajstić information content (AvgIpc) is 2.86. The van der Waals surface area contributed by atoms with Gasteiger partial charge < -0.3 is 19.4 Å². The number of benzene rings is 1. The van der Waals surface area contributed by atoms with E-state index < -0.39 is 6.61 Å². The molecule has 1 heterocycles. The molecule has 1 aromatic heterocycles. The standard InChI is InChI=1S/C16H17ClF2N2O3/c1-21-9-11(17)8-12(21)15(22)20-6-5-10-3-4-13(24-16(18)19)14(7-10)23-2/h3-4,7-9,16H,5-6H2,1-2H3,(H,20,22). The fraction of sp³-hybridized carbons (Fsp3) is 0.312. The van der Waals surface area contributed by atoms with Crippen molar-refractivity contribution in [2.24, 2.45) is 7.05 Å². The first-order chi connectivity index (χ1) is 11.4. The SMILES string of the molecule is COc1cc(CCNC(=O)c2cc(Cl)cn2C)ccc1OC(F)F. The molecule has 8 heteroatoms. The second kappa shape index (κ2) is 8.01. The van der Waals surface area contributed by atoms with Crippen molar-refractivity contribution in [2.45, 2.75) is 13.0 Å². The summed E-state index contributed by atoms with van der Waals surface area (Å²) in [6, 6.07) is 6.24. The minimum atomic E-state index is -2.92. The van der Waals surface area contributed by atoms with Crippen LogP contribution in [0.25, 0.3) is 0 Å². The number of carbonyl (C=O) groups excluding carboxylic acids is 1. The van der Waals surface area contributed by atoms with Crippen molar-refractivity contribution in [3.05, 3.63) is 46.7 Å². The third kappa shape index (κ3) is 4.61. The average molecular weight is 359 g/mol. The number of halogens is 3. The van der Waals surface area contributed by atoms with Gasteiger partial charge in [0.1, 0.15) is 5.69 Å². The van der Waals surface area contributed by atoms with Crippen LogP contribution in [-0.4, -0.2) is 30.7 Å². The van der Waals surface area contributed by atoms with Crippen LogP contribution in [0.1, 0.15) is 16.1 Å². The summed E-state index contributed by atoms with van der Waals surface area (Å²) < 4.78 is 35.6. The molecule has 0 aliphatic carbocycles. The first-order valence-electron chi connectivity index (χ1n) is 7.12. The van der Waals surface area contributed by atoms with Crippen LogP contribution in [0.5, 0.6) is 11.5 Å². The minimum Gasteiger partial charge on any atom is -0.493 e. The molecule has 2 aromatic rings. The topological polar surface area (TPSA) is 52.5 Å². The molecule has 1 aromatic carbocycles. The van der Waals surface area contributed by atoms with Crippen molar-refractivity contribution < 1.29 is 23.0 Å². The van der Waals surface area contributed by atoms with Crippen LogP contribution >= 0.6 is 11.6 Å². The Bertz CT molecular complexity index is 719. The van der Waals surface area contributed by atoms with Gasteiger partial charge in [0.05, 0.1) is 12.1 Å². The summed E-state index contributed by atoms with van der Waals surface area (Å²) in [6.07, 6.45) is 2.15. The van der Waals surface area contributed by atoms with Gasteiger partial charge in [0, 0.05) is 19.8 Å². The lowest BCUT2D eigenvalue weighted by Crippen LogP contribution is -2.27. The lowest BCUT2D eigenvalue weighted by atomic mass is 10.1. The number of aryl methyl sites for hydroxylation is 1. The molecule has 0 saturated carbocycles. The molecule has 130 valence electrons. The van der Waals surface area contributed by atoms with E-state index in [0.717, 1.165) is 5.56 Å². The number of hydrogen-bond donors (Lipinski definition) is 1. The number of ether oxygens (including phenoxy) is 2. The summed E-state index contributed by atoms with van der Waals surface area (Å²) >= 11 is 5.84. The zero-order chi connectivity index (χ0) is 17.7. The van der Waals surface area contributed by atoms with Crippen molar-refractivity contribution in [3.63, 3.8) is 0 Å². The maximum absolute atomic E-state index is 12.3. The number of hydrogen-bond acceptors (Lipinski definition) is 3. The highest BCUT2D eigenvalue weighted by molar-refractivity contribution is 6.31. The summed E-state index contributed by atoms with van der Waals surface area (Å²) in [5, 5.41) is 3.26. The van der Waals surface area contributed by atoms with Crippen LogP contribution in [0.2, 0.25) is 5.02 Å². The first-order valence-corrected chi connectivity index (χ1v) is 7.50. The van der Waals surface area contributed by atoms with Gasteiger partial charge in [0.25, 0.3) is 5.91 Å². The number of rotatable bonds is 7. The highest BCUT2D eigenvalue weighted by Crippen LogP contribution is 2.29. The number of aromatic nitrogens is 1. The quantitative estimate of drug-likeness (QED) is 0.826. The van der Waals surface area contributed by atoms with Gasteiger partial charge in [-0.15, -0.1) is 0 Å². The van der Waals surface area contributed by atoms with Crippen LogP contribution < -0.4 is 14.8 Å². The van der Waals surface area contributed by atoms with Crippen molar-refractivity contribution in [3.8, 4) is 11.5 Å². The molecule has 2 rings (SSSR count). The van der Waals surface area contributed by atoms with E-state index in [-0.39, 0.29) is 17.4 Å². The fourth-order valence-electron chi connectivity index (χ4n) is 2.22. The first kappa shape index (κ1) is 18.1. The van der Waals surface area contributed by atoms with E-state index in [2.05, 4.69) is 10.1 Å². The third-order valence-electron chi connectivity index (χ3n) is 3.35. The van der Waals surface area contributed by atoms with Gasteiger partial charge in [-0.3, -0.25) is 4.79 Å². The predicted octanol–water partition coefficient (Wildman–Crippen LogP) is 3.26. The van der Waals surface area contributed by atoms with E-state index in [1.807, 2.05) is 0 Å². The van der Waals surface area contributed by atoms with E-state index in [4.69, 9.17) is 16.3 Å². The zero-order valence-corrected chi connectivity index (χ0v) is 13.9. The van der Waals surface area contributed by atoms with E-state index in [1.165, 1.54) is 13.2 Å². The molecule has 0 unspecified atom stereocenters. The van der Waals surface area contributed by atoms with Gasteiger partial charge in [0.15, 0.2) is 11.5 Å². The van der Waals surface area contributed by atoms with Gasteiger partial charge in [-0.05, 0) is 30.2 Å². The molecule has 0 fully saturated rings. The molecule has 0 radical (unpaired) electrons. The monoisotopic (exact) mass is 358 g/mol. The lowest BCUT2D eigenvalue weighted by Gasteiger charge is -2.12. The van der Waals surface area contributed by atoms with Gasteiger partial charge in [-0.25, -0.2) is 0 Å². The molecule has 5 nitrogen and oxygen atoms in total. The molecule has 1 N–H and O–H groups in total. The Balaban J connectivity index is 1.94. The highest BCUT2D eigenvalue weighted by atomic mass is 35.5. The van der Waals surface area contributed by atoms with Crippen LogP contribution in [0.3, 0.4) is 0 Å². The van der Waals surface area contributed by atoms with E-state index in [1.54, 1.807) is 36.0 Å². The summed E-state index contributed by atoms with van der Waals surface area (Å²) in [7, 11) is 3.10. The zero-order valence-electron chi connectivity index (χ0n) is 13.2. The second-order valence-electron chi connectivity index (χ2n) is 5.02. The number of amides is 1. The van der Waals surface area contributed by atoms with E-state index in [0.29, 0.717) is 23.7 Å². The maximum atomic E-state index is 12.3. The molecule has 0 bridgehead atoms. The normalized spacial score (nSPS) is 10.8. The number of nitrogens with zero attached hydrogens (tertiary/aromatic N) is 1. The number of carbonyl (C=O) groups is 1. The summed E-state index contributed by atoms with van der Waals surface area (Å²) in [5.41, 5.74) is 1.27. The number of alkyl halides is 2. The van der Waals surface area contributed by atoms with Gasteiger partial charge in [-0.1, -0.05) is 17.7 Å². The maximum Gasteiger partial charge on any atom is 0.387 e. The molecule has 1 amide bonds. The Labute approximate surface area is 143 Å². The van der Waals surface area contributed by atoms with Crippen molar-refractivity contribution in [1.82, 2.24) is 9.88 Å². The third-order valence-corrected chi connectivity index (χ3v) is 3.55. The molecule has 24 heavy (non-hydrogen) atoms. The molecular formula is C16H17ClF2N2O3. The van der Waals surface area contributed by atoms with E-state index >= 15 is 0 Å². The molecule has 0 aliphatic heterocycles. The molecule has 0 saturated heterocycles. The smallest absolute Gasteiger partial charge is 0.387 e. The van der Waals surface area contributed by atoms with Gasteiger partial charge in [0.2, 0.25) is 0 Å². The summed E-state index contributed by atoms with van der Waals surface area (Å²) in [4.78, 5) is 12.0. The van der Waals surface area contributed by atoms with Crippen molar-refractivity contribution in [1.29, 1.82) is 0 Å². The largest absolute Gasteiger partial charge is 0.493 e. The van der Waals surface area contributed by atoms with Crippen LogP contribution in [-0.2, 0) is 13.5 Å². The van der Waals surface area contributed by atoms with Crippen LogP contribution in [0, 0.1) is 0 Å². The Morgan fingerprint density at radius 3 is 2.67 bits per heavy atom. The Morgan fingerprint density at radius 1 is 1.33 bits per heavy atom. The van der Waals surface area contributed by atoms with Crippen molar-refractivity contribution in [2.75, 3.05) is 13.7 Å². The predicted molar refractivity (Wildman–Crippen MR) is 86.1 cm³/mol. The molecule has 0 spiro atoms. The lowest BCUT2D eigenvalue weighted by molar-refractivity contribution is -0.0512. The molecular weight excluding hydrogens is 342 g/mol. The fourth-order valence-corrected chi connectivity index (χ4v) is 2.47. The highest BCUT2D eigenvalue weighted by Gasteiger charge is 2.12. The van der Waals surface area contributed by atoms with Gasteiger partial charge in [-0.2, -0.15) is 8.78 Å². The molecule has 0 aliphatic rings. The Morgan fingerprint density at radius 2 is 2.08 bits per heavy atom. The second-order valence-corrected chi connectivity index (χ2v) is 5.46. The van der Waals surface area contributed by atoms with Crippen LogP contribution in [0.4, 0.5) is 8.78 Å².